The zero-order valence-corrected chi connectivity index (χ0v) is 13.5. The second-order valence-electron chi connectivity index (χ2n) is 4.84. The third kappa shape index (κ3) is 20.3. The van der Waals surface area contributed by atoms with Gasteiger partial charge in [-0.1, -0.05) is 52.9 Å². The maximum atomic E-state index is 8.33. The highest BCUT2D eigenvalue weighted by Crippen LogP contribution is 2.00. The van der Waals surface area contributed by atoms with Crippen LogP contribution in [0.1, 0.15) is 72.1 Å². The summed E-state index contributed by atoms with van der Waals surface area (Å²) in [5.74, 6) is 0. The highest BCUT2D eigenvalue weighted by atomic mass is 16.5. The molecule has 0 unspecified atom stereocenters. The lowest BCUT2D eigenvalue weighted by Crippen LogP contribution is -2.35. The summed E-state index contributed by atoms with van der Waals surface area (Å²) in [6.45, 7) is 8.80. The van der Waals surface area contributed by atoms with Crippen molar-refractivity contribution in [1.82, 2.24) is 10.4 Å². The van der Waals surface area contributed by atoms with E-state index in [0.29, 0.717) is 6.42 Å². The number of aliphatic hydroxyl groups is 2. The zero-order valence-electron chi connectivity index (χ0n) is 13.5. The van der Waals surface area contributed by atoms with E-state index >= 15 is 0 Å². The Morgan fingerprint density at radius 3 is 1.89 bits per heavy atom. The summed E-state index contributed by atoms with van der Waals surface area (Å²) < 4.78 is 0. The van der Waals surface area contributed by atoms with Crippen molar-refractivity contribution >= 4 is 0 Å². The molecule has 0 aliphatic rings. The van der Waals surface area contributed by atoms with Gasteiger partial charge >= 0.3 is 0 Å². The molecule has 3 N–H and O–H groups in total. The first-order valence-electron chi connectivity index (χ1n) is 7.90. The van der Waals surface area contributed by atoms with Crippen molar-refractivity contribution in [2.45, 2.75) is 78.4 Å². The third-order valence-corrected chi connectivity index (χ3v) is 3.05. The Kier molecular flexibility index (Phi) is 19.9. The lowest BCUT2D eigenvalue weighted by atomic mass is 10.2. The van der Waals surface area contributed by atoms with Crippen molar-refractivity contribution in [3.8, 4) is 0 Å². The quantitative estimate of drug-likeness (QED) is 0.308. The van der Waals surface area contributed by atoms with Crippen LogP contribution in [-0.4, -0.2) is 41.6 Å². The molecule has 4 heteroatoms. The number of hydrogen-bond acceptors (Lipinski definition) is 4. The number of nitrogens with zero attached hydrogens (tertiary/aromatic N) is 1. The SMILES string of the molecule is CCCCCC(O)O.CCCCCCN(CC)NC. The van der Waals surface area contributed by atoms with Gasteiger partial charge in [-0.25, -0.2) is 5.01 Å². The van der Waals surface area contributed by atoms with E-state index in [1.807, 2.05) is 7.05 Å². The summed E-state index contributed by atoms with van der Waals surface area (Å²) in [5, 5.41) is 18.9. The molecule has 0 aromatic rings. The molecule has 0 bridgehead atoms. The summed E-state index contributed by atoms with van der Waals surface area (Å²) in [6.07, 6.45) is 7.97. The summed E-state index contributed by atoms with van der Waals surface area (Å²) >= 11 is 0. The number of unbranched alkanes of at least 4 members (excludes halogenated alkanes) is 5. The maximum absolute atomic E-state index is 8.33. The van der Waals surface area contributed by atoms with Gasteiger partial charge in [0.1, 0.15) is 0 Å². The van der Waals surface area contributed by atoms with Gasteiger partial charge in [0, 0.05) is 13.1 Å². The van der Waals surface area contributed by atoms with Crippen molar-refractivity contribution in [2.24, 2.45) is 0 Å². The molecule has 118 valence electrons. The molecule has 0 heterocycles. The minimum absolute atomic E-state index is 0.522. The zero-order chi connectivity index (χ0) is 14.9. The van der Waals surface area contributed by atoms with Crippen molar-refractivity contribution in [3.63, 3.8) is 0 Å². The average Bonchev–Trinajstić information content (AvgIpc) is 2.40. The molecule has 0 aromatic carbocycles. The first-order valence-corrected chi connectivity index (χ1v) is 7.90. The lowest BCUT2D eigenvalue weighted by Gasteiger charge is -2.18. The Balaban J connectivity index is 0. The molecule has 0 saturated carbocycles. The molecule has 0 radical (unpaired) electrons. The number of hydrazine groups is 1. The second kappa shape index (κ2) is 17.8. The first-order chi connectivity index (χ1) is 9.12. The predicted octanol–water partition coefficient (Wildman–Crippen LogP) is 2.90. The van der Waals surface area contributed by atoms with Crippen LogP contribution in [0.25, 0.3) is 0 Å². The Hall–Kier alpha value is -0.160. The van der Waals surface area contributed by atoms with Crippen LogP contribution in [0, 0.1) is 0 Å². The molecule has 0 atom stereocenters. The molecule has 0 fully saturated rings. The van der Waals surface area contributed by atoms with Gasteiger partial charge in [0.25, 0.3) is 0 Å². The predicted molar refractivity (Wildman–Crippen MR) is 82.8 cm³/mol. The molecule has 0 aliphatic heterocycles. The number of hydrogen-bond donors (Lipinski definition) is 3. The molecule has 0 saturated heterocycles. The van der Waals surface area contributed by atoms with E-state index in [1.165, 1.54) is 32.2 Å². The van der Waals surface area contributed by atoms with Crippen LogP contribution in [0.4, 0.5) is 0 Å². The van der Waals surface area contributed by atoms with E-state index in [1.54, 1.807) is 0 Å². The number of rotatable bonds is 11. The van der Waals surface area contributed by atoms with Gasteiger partial charge in [0.05, 0.1) is 0 Å². The van der Waals surface area contributed by atoms with Gasteiger partial charge in [-0.3, -0.25) is 5.43 Å². The van der Waals surface area contributed by atoms with Gasteiger partial charge in [-0.15, -0.1) is 0 Å². The van der Waals surface area contributed by atoms with E-state index < -0.39 is 6.29 Å². The van der Waals surface area contributed by atoms with Crippen LogP contribution in [0.15, 0.2) is 0 Å². The van der Waals surface area contributed by atoms with Gasteiger partial charge in [-0.2, -0.15) is 0 Å². The minimum atomic E-state index is -1.10. The standard InChI is InChI=1S/C9H22N2.C6H14O2/c1-4-6-7-8-9-11(5-2)10-3;1-2-3-4-5-6(7)8/h10H,4-9H2,1-3H3;6-8H,2-5H2,1H3. The monoisotopic (exact) mass is 276 g/mol. The normalized spacial score (nSPS) is 10.7. The van der Waals surface area contributed by atoms with E-state index in [9.17, 15) is 0 Å². The van der Waals surface area contributed by atoms with Crippen LogP contribution in [0.5, 0.6) is 0 Å². The Morgan fingerprint density at radius 2 is 1.47 bits per heavy atom. The van der Waals surface area contributed by atoms with E-state index in [4.69, 9.17) is 10.2 Å². The van der Waals surface area contributed by atoms with Crippen LogP contribution in [0.3, 0.4) is 0 Å². The number of aliphatic hydroxyl groups excluding tert-OH is 1. The molecule has 0 rings (SSSR count). The molecule has 0 aliphatic carbocycles. The van der Waals surface area contributed by atoms with Crippen LogP contribution >= 0.6 is 0 Å². The van der Waals surface area contributed by atoms with Crippen molar-refractivity contribution in [3.05, 3.63) is 0 Å². The fourth-order valence-corrected chi connectivity index (χ4v) is 1.73. The smallest absolute Gasteiger partial charge is 0.151 e. The van der Waals surface area contributed by atoms with Crippen LogP contribution in [0.2, 0.25) is 0 Å². The van der Waals surface area contributed by atoms with E-state index in [0.717, 1.165) is 25.8 Å². The molecule has 19 heavy (non-hydrogen) atoms. The Bertz CT molecular complexity index is 151. The summed E-state index contributed by atoms with van der Waals surface area (Å²) in [4.78, 5) is 0. The summed E-state index contributed by atoms with van der Waals surface area (Å²) in [7, 11) is 1.99. The Labute approximate surface area is 120 Å². The van der Waals surface area contributed by atoms with Crippen molar-refractivity contribution in [1.29, 1.82) is 0 Å². The number of nitrogens with one attached hydrogen (secondary N) is 1. The average molecular weight is 276 g/mol. The summed E-state index contributed by atoms with van der Waals surface area (Å²) in [5.41, 5.74) is 3.16. The molecular weight excluding hydrogens is 240 g/mol. The fourth-order valence-electron chi connectivity index (χ4n) is 1.73. The minimum Gasteiger partial charge on any atom is -0.368 e. The van der Waals surface area contributed by atoms with Crippen LogP contribution in [-0.2, 0) is 0 Å². The molecule has 0 spiro atoms. The van der Waals surface area contributed by atoms with Crippen molar-refractivity contribution < 1.29 is 10.2 Å². The second-order valence-corrected chi connectivity index (χ2v) is 4.84. The lowest BCUT2D eigenvalue weighted by molar-refractivity contribution is -0.0465. The Morgan fingerprint density at radius 1 is 0.895 bits per heavy atom. The van der Waals surface area contributed by atoms with E-state index in [2.05, 4.69) is 31.2 Å². The van der Waals surface area contributed by atoms with Gasteiger partial charge in [-0.05, 0) is 26.3 Å². The molecule has 0 aromatic heterocycles. The third-order valence-electron chi connectivity index (χ3n) is 3.05. The van der Waals surface area contributed by atoms with Crippen LogP contribution < -0.4 is 5.43 Å². The van der Waals surface area contributed by atoms with Crippen molar-refractivity contribution in [2.75, 3.05) is 20.1 Å². The van der Waals surface area contributed by atoms with Gasteiger partial charge in [0.15, 0.2) is 6.29 Å². The van der Waals surface area contributed by atoms with Gasteiger partial charge in [0.2, 0.25) is 0 Å². The molecule has 0 amide bonds. The highest BCUT2D eigenvalue weighted by molar-refractivity contribution is 4.48. The highest BCUT2D eigenvalue weighted by Gasteiger charge is 1.96. The summed E-state index contributed by atoms with van der Waals surface area (Å²) in [6, 6.07) is 0. The maximum Gasteiger partial charge on any atom is 0.151 e. The molecule has 4 nitrogen and oxygen atoms in total. The van der Waals surface area contributed by atoms with E-state index in [-0.39, 0.29) is 0 Å². The molecular formula is C15H36N2O2. The first kappa shape index (κ1) is 21.1. The fraction of sp³-hybridized carbons (Fsp3) is 1.00. The largest absolute Gasteiger partial charge is 0.368 e. The topological polar surface area (TPSA) is 55.7 Å². The van der Waals surface area contributed by atoms with Gasteiger partial charge < -0.3 is 10.2 Å².